The predicted octanol–water partition coefficient (Wildman–Crippen LogP) is 3.62. The lowest BCUT2D eigenvalue weighted by molar-refractivity contribution is -0.155. The molecule has 1 saturated heterocycles. The second kappa shape index (κ2) is 4.92. The number of hydrogen-bond donors (Lipinski definition) is 0. The van der Waals surface area contributed by atoms with Crippen molar-refractivity contribution in [3.63, 3.8) is 0 Å². The van der Waals surface area contributed by atoms with Gasteiger partial charge in [-0.1, -0.05) is 48.5 Å². The van der Waals surface area contributed by atoms with Crippen LogP contribution in [0, 0.1) is 16.2 Å². The van der Waals surface area contributed by atoms with Crippen LogP contribution in [0.5, 0.6) is 0 Å². The van der Waals surface area contributed by atoms with E-state index in [9.17, 15) is 9.59 Å². The molecule has 1 aliphatic heterocycles. The van der Waals surface area contributed by atoms with Crippen LogP contribution in [0.1, 0.15) is 67.7 Å². The third-order valence-electron chi connectivity index (χ3n) is 4.33. The largest absolute Gasteiger partial charge is 0.282 e. The van der Waals surface area contributed by atoms with Crippen molar-refractivity contribution in [2.24, 2.45) is 16.2 Å². The van der Waals surface area contributed by atoms with Gasteiger partial charge in [0.1, 0.15) is 0 Å². The molecule has 0 aromatic heterocycles. The van der Waals surface area contributed by atoms with Gasteiger partial charge >= 0.3 is 0 Å². The summed E-state index contributed by atoms with van der Waals surface area (Å²) < 4.78 is 0. The molecule has 0 bridgehead atoms. The highest BCUT2D eigenvalue weighted by Crippen LogP contribution is 2.48. The van der Waals surface area contributed by atoms with Crippen molar-refractivity contribution < 1.29 is 9.59 Å². The Bertz CT molecular complexity index is 373. The van der Waals surface area contributed by atoms with Crippen LogP contribution in [0.3, 0.4) is 0 Å². The molecule has 0 saturated carbocycles. The molecule has 1 fully saturated rings. The van der Waals surface area contributed by atoms with Crippen LogP contribution in [-0.2, 0) is 9.59 Å². The van der Waals surface area contributed by atoms with Crippen LogP contribution in [0.25, 0.3) is 0 Å². The highest BCUT2D eigenvalue weighted by atomic mass is 16.2. The van der Waals surface area contributed by atoms with Gasteiger partial charge in [-0.2, -0.15) is 0 Å². The van der Waals surface area contributed by atoms with Crippen molar-refractivity contribution >= 4 is 11.8 Å². The summed E-state index contributed by atoms with van der Waals surface area (Å²) in [6.07, 6.45) is 2.11. The van der Waals surface area contributed by atoms with Crippen LogP contribution in [-0.4, -0.2) is 23.3 Å². The third-order valence-corrected chi connectivity index (χ3v) is 4.33. The van der Waals surface area contributed by atoms with E-state index in [1.54, 1.807) is 0 Å². The Balaban J connectivity index is 3.10. The van der Waals surface area contributed by atoms with Gasteiger partial charge in [0.15, 0.2) is 0 Å². The lowest BCUT2D eigenvalue weighted by Crippen LogP contribution is -2.51. The Labute approximate surface area is 117 Å². The summed E-state index contributed by atoms with van der Waals surface area (Å²) in [5.74, 6) is 0.00630. The first-order chi connectivity index (χ1) is 8.38. The van der Waals surface area contributed by atoms with Crippen molar-refractivity contribution in [1.29, 1.82) is 0 Å². The first-order valence-corrected chi connectivity index (χ1v) is 7.23. The lowest BCUT2D eigenvalue weighted by atomic mass is 9.60. The molecule has 3 nitrogen and oxygen atoms in total. The van der Waals surface area contributed by atoms with Crippen LogP contribution < -0.4 is 0 Å². The van der Waals surface area contributed by atoms with Gasteiger partial charge in [-0.05, 0) is 23.7 Å². The zero-order chi connectivity index (χ0) is 15.1. The Morgan fingerprint density at radius 2 is 1.63 bits per heavy atom. The fourth-order valence-corrected chi connectivity index (χ4v) is 2.88. The number of nitrogens with zero attached hydrogens (tertiary/aromatic N) is 1. The van der Waals surface area contributed by atoms with Crippen molar-refractivity contribution in [2.45, 2.75) is 67.7 Å². The van der Waals surface area contributed by atoms with Crippen molar-refractivity contribution in [2.75, 3.05) is 6.54 Å². The van der Waals surface area contributed by atoms with Gasteiger partial charge in [0.2, 0.25) is 11.8 Å². The minimum Gasteiger partial charge on any atom is -0.282 e. The molecule has 1 atom stereocenters. The minimum atomic E-state index is -0.509. The molecule has 19 heavy (non-hydrogen) atoms. The topological polar surface area (TPSA) is 37.4 Å². The number of amides is 2. The molecule has 1 rings (SSSR count). The summed E-state index contributed by atoms with van der Waals surface area (Å²) >= 11 is 0. The average Bonchev–Trinajstić information content (AvgIpc) is 2.58. The number of carbonyl (C=O) groups excluding carboxylic acids is 2. The van der Waals surface area contributed by atoms with E-state index in [2.05, 4.69) is 41.5 Å². The Morgan fingerprint density at radius 1 is 1.11 bits per heavy atom. The van der Waals surface area contributed by atoms with Crippen LogP contribution in [0.4, 0.5) is 0 Å². The van der Waals surface area contributed by atoms with E-state index < -0.39 is 5.41 Å². The molecular weight excluding hydrogens is 238 g/mol. The van der Waals surface area contributed by atoms with E-state index in [4.69, 9.17) is 0 Å². The van der Waals surface area contributed by atoms with E-state index in [1.165, 1.54) is 4.90 Å². The van der Waals surface area contributed by atoms with Gasteiger partial charge < -0.3 is 0 Å². The van der Waals surface area contributed by atoms with E-state index in [1.807, 2.05) is 6.92 Å². The van der Waals surface area contributed by atoms with Crippen molar-refractivity contribution in [3.8, 4) is 0 Å². The zero-order valence-electron chi connectivity index (χ0n) is 13.6. The molecule has 1 unspecified atom stereocenters. The molecule has 2 amide bonds. The van der Waals surface area contributed by atoms with Gasteiger partial charge in [0.25, 0.3) is 0 Å². The second-order valence-electron chi connectivity index (χ2n) is 8.27. The summed E-state index contributed by atoms with van der Waals surface area (Å²) in [6.45, 7) is 15.3. The lowest BCUT2D eigenvalue weighted by Gasteiger charge is -2.45. The van der Waals surface area contributed by atoms with E-state index in [0.717, 1.165) is 12.8 Å². The number of likely N-dealkylation sites (tertiary alicyclic amines) is 1. The maximum atomic E-state index is 12.9. The fourth-order valence-electron chi connectivity index (χ4n) is 2.88. The normalized spacial score (nSPS) is 20.6. The fraction of sp³-hybridized carbons (Fsp3) is 0.875. The molecule has 0 radical (unpaired) electrons. The molecule has 1 heterocycles. The monoisotopic (exact) mass is 267 g/mol. The van der Waals surface area contributed by atoms with Crippen LogP contribution in [0.15, 0.2) is 0 Å². The first-order valence-electron chi connectivity index (χ1n) is 7.23. The number of rotatable bonds is 2. The SMILES string of the molecule is CC(C)(C)CC(C)(C(=O)N1CCCC1=O)C(C)(C)C. The minimum absolute atomic E-state index is 0.00520. The summed E-state index contributed by atoms with van der Waals surface area (Å²) in [4.78, 5) is 26.3. The van der Waals surface area contributed by atoms with Gasteiger partial charge in [-0.15, -0.1) is 0 Å². The predicted molar refractivity (Wildman–Crippen MR) is 77.6 cm³/mol. The number of carbonyl (C=O) groups is 2. The second-order valence-corrected chi connectivity index (χ2v) is 8.27. The molecule has 0 N–H and O–H groups in total. The van der Waals surface area contributed by atoms with E-state index in [-0.39, 0.29) is 22.6 Å². The zero-order valence-corrected chi connectivity index (χ0v) is 13.6. The van der Waals surface area contributed by atoms with Gasteiger partial charge in [-0.3, -0.25) is 14.5 Å². The molecule has 0 aliphatic carbocycles. The van der Waals surface area contributed by atoms with Gasteiger partial charge in [0, 0.05) is 13.0 Å². The maximum absolute atomic E-state index is 12.9. The van der Waals surface area contributed by atoms with Crippen LogP contribution >= 0.6 is 0 Å². The highest BCUT2D eigenvalue weighted by molar-refractivity contribution is 5.99. The molecule has 3 heteroatoms. The number of imide groups is 1. The molecule has 0 aromatic rings. The highest BCUT2D eigenvalue weighted by Gasteiger charge is 2.49. The van der Waals surface area contributed by atoms with Crippen molar-refractivity contribution in [3.05, 3.63) is 0 Å². The maximum Gasteiger partial charge on any atom is 0.235 e. The van der Waals surface area contributed by atoms with Crippen LogP contribution in [0.2, 0.25) is 0 Å². The molecule has 0 aromatic carbocycles. The standard InChI is InChI=1S/C16H29NO2/c1-14(2,3)11-16(7,15(4,5)6)13(19)17-10-8-9-12(17)18/h8-11H2,1-7H3. The van der Waals surface area contributed by atoms with Crippen molar-refractivity contribution in [1.82, 2.24) is 4.90 Å². The first kappa shape index (κ1) is 16.2. The average molecular weight is 267 g/mol. The molecular formula is C16H29NO2. The molecule has 0 spiro atoms. The summed E-state index contributed by atoms with van der Waals surface area (Å²) in [7, 11) is 0. The third kappa shape index (κ3) is 3.37. The number of hydrogen-bond acceptors (Lipinski definition) is 2. The van der Waals surface area contributed by atoms with E-state index >= 15 is 0 Å². The molecule has 1 aliphatic rings. The molecule has 110 valence electrons. The Kier molecular flexibility index (Phi) is 4.19. The summed E-state index contributed by atoms with van der Waals surface area (Å²) in [5, 5.41) is 0. The Morgan fingerprint density at radius 3 is 1.95 bits per heavy atom. The van der Waals surface area contributed by atoms with Gasteiger partial charge in [-0.25, -0.2) is 0 Å². The smallest absolute Gasteiger partial charge is 0.235 e. The Hall–Kier alpha value is -0.860. The van der Waals surface area contributed by atoms with Gasteiger partial charge in [0.05, 0.1) is 5.41 Å². The van der Waals surface area contributed by atoms with E-state index in [0.29, 0.717) is 13.0 Å². The summed E-state index contributed by atoms with van der Waals surface area (Å²) in [6, 6.07) is 0. The summed E-state index contributed by atoms with van der Waals surface area (Å²) in [5.41, 5.74) is -0.619. The quantitative estimate of drug-likeness (QED) is 0.766.